The number of rotatable bonds is 1. The fraction of sp³-hybridized carbons (Fsp3) is 0.286. The summed E-state index contributed by atoms with van der Waals surface area (Å²) in [5, 5.41) is 12.1. The molecule has 120 valence electrons. The zero-order valence-corrected chi connectivity index (χ0v) is 13.8. The monoisotopic (exact) mass is 336 g/mol. The molecule has 0 heterocycles. The fourth-order valence-electron chi connectivity index (χ4n) is 5.19. The third-order valence-electron chi connectivity index (χ3n) is 6.10. The number of aliphatic hydroxyl groups is 1. The maximum absolute atomic E-state index is 12.8. The highest BCUT2D eigenvalue weighted by Gasteiger charge is 2.64. The van der Waals surface area contributed by atoms with Crippen molar-refractivity contribution in [3.63, 3.8) is 0 Å². The predicted octanol–water partition coefficient (Wildman–Crippen LogP) is 4.32. The van der Waals surface area contributed by atoms with E-state index in [0.29, 0.717) is 11.4 Å². The summed E-state index contributed by atoms with van der Waals surface area (Å²) in [7, 11) is 0. The van der Waals surface area contributed by atoms with Gasteiger partial charge in [0.1, 0.15) is 0 Å². The summed E-state index contributed by atoms with van der Waals surface area (Å²) in [6.45, 7) is 0. The van der Waals surface area contributed by atoms with E-state index in [1.807, 2.05) is 30.3 Å². The molecule has 2 aromatic rings. The molecule has 1 N–H and O–H groups in total. The van der Waals surface area contributed by atoms with Crippen LogP contribution in [0.5, 0.6) is 0 Å². The molecule has 0 saturated heterocycles. The van der Waals surface area contributed by atoms with Gasteiger partial charge in [-0.05, 0) is 52.7 Å². The first-order valence-electron chi connectivity index (χ1n) is 8.42. The Hall–Kier alpha value is -1.90. The van der Waals surface area contributed by atoms with Crippen LogP contribution in [0.3, 0.4) is 0 Å². The van der Waals surface area contributed by atoms with Crippen LogP contribution in [0.1, 0.15) is 35.4 Å². The molecule has 0 radical (unpaired) electrons. The van der Waals surface area contributed by atoms with Crippen molar-refractivity contribution < 1.29 is 9.90 Å². The lowest BCUT2D eigenvalue weighted by atomic mass is 9.70. The van der Waals surface area contributed by atoms with E-state index in [4.69, 9.17) is 11.6 Å². The van der Waals surface area contributed by atoms with Crippen molar-refractivity contribution in [2.75, 3.05) is 0 Å². The zero-order valence-electron chi connectivity index (χ0n) is 13.1. The average molecular weight is 337 g/mol. The van der Waals surface area contributed by atoms with Crippen LogP contribution < -0.4 is 0 Å². The molecule has 0 aliphatic heterocycles. The van der Waals surface area contributed by atoms with Gasteiger partial charge in [-0.3, -0.25) is 4.79 Å². The molecular formula is C21H17ClO2. The Balaban J connectivity index is 1.69. The normalized spacial score (nSPS) is 33.2. The Morgan fingerprint density at radius 3 is 2.67 bits per heavy atom. The van der Waals surface area contributed by atoms with Crippen LogP contribution in [0.15, 0.2) is 54.6 Å². The van der Waals surface area contributed by atoms with Crippen LogP contribution in [-0.2, 0) is 10.4 Å². The average Bonchev–Trinajstić information content (AvgIpc) is 3.01. The second-order valence-corrected chi connectivity index (χ2v) is 7.56. The molecule has 0 spiro atoms. The van der Waals surface area contributed by atoms with E-state index < -0.39 is 5.60 Å². The standard InChI is InChI=1S/C21H17ClO2/c22-13-6-9-18-16(10-13)15-8-7-14(12-4-2-1-3-5-12)17-11-19(23)21(18,24)20(15)17/h1-7,9-10,15,17,20,24H,8,11H2. The van der Waals surface area contributed by atoms with Gasteiger partial charge >= 0.3 is 0 Å². The predicted molar refractivity (Wildman–Crippen MR) is 93.7 cm³/mol. The lowest BCUT2D eigenvalue weighted by Crippen LogP contribution is -2.36. The Morgan fingerprint density at radius 1 is 1.08 bits per heavy atom. The topological polar surface area (TPSA) is 37.3 Å². The van der Waals surface area contributed by atoms with Crippen LogP contribution in [0.4, 0.5) is 0 Å². The van der Waals surface area contributed by atoms with Crippen LogP contribution in [0.2, 0.25) is 5.02 Å². The van der Waals surface area contributed by atoms with Gasteiger partial charge in [0, 0.05) is 17.4 Å². The van der Waals surface area contributed by atoms with E-state index in [9.17, 15) is 9.90 Å². The molecule has 4 unspecified atom stereocenters. The van der Waals surface area contributed by atoms with Crippen LogP contribution in [0, 0.1) is 11.8 Å². The van der Waals surface area contributed by atoms with E-state index in [2.05, 4.69) is 18.2 Å². The highest BCUT2D eigenvalue weighted by molar-refractivity contribution is 6.30. The Kier molecular flexibility index (Phi) is 2.89. The number of halogens is 1. The zero-order chi connectivity index (χ0) is 16.5. The van der Waals surface area contributed by atoms with Gasteiger partial charge in [-0.25, -0.2) is 0 Å². The molecule has 2 aromatic carbocycles. The first-order chi connectivity index (χ1) is 11.6. The minimum atomic E-state index is -1.34. The van der Waals surface area contributed by atoms with Gasteiger partial charge in [0.25, 0.3) is 0 Å². The molecule has 24 heavy (non-hydrogen) atoms. The number of benzene rings is 2. The third kappa shape index (κ3) is 1.68. The number of fused-ring (bicyclic) bond motifs is 3. The first-order valence-corrected chi connectivity index (χ1v) is 8.79. The van der Waals surface area contributed by atoms with Gasteiger partial charge < -0.3 is 5.11 Å². The minimum absolute atomic E-state index is 0.0488. The summed E-state index contributed by atoms with van der Waals surface area (Å²) >= 11 is 6.18. The summed E-state index contributed by atoms with van der Waals surface area (Å²) in [5.74, 6) is 0.133. The number of Topliss-reactive ketones (excluding diaryl/α,β-unsaturated/α-hetero) is 1. The second kappa shape index (κ2) is 4.81. The van der Waals surface area contributed by atoms with Crippen molar-refractivity contribution >= 4 is 23.0 Å². The van der Waals surface area contributed by atoms with Gasteiger partial charge in [0.2, 0.25) is 0 Å². The molecule has 1 fully saturated rings. The smallest absolute Gasteiger partial charge is 0.169 e. The molecule has 5 rings (SSSR count). The maximum atomic E-state index is 12.8. The van der Waals surface area contributed by atoms with Gasteiger partial charge in [-0.1, -0.05) is 54.1 Å². The van der Waals surface area contributed by atoms with Crippen molar-refractivity contribution in [3.8, 4) is 0 Å². The molecule has 3 aliphatic carbocycles. The maximum Gasteiger partial charge on any atom is 0.169 e. The van der Waals surface area contributed by atoms with E-state index in [0.717, 1.165) is 23.1 Å². The summed E-state index contributed by atoms with van der Waals surface area (Å²) in [6, 6.07) is 15.8. The summed E-state index contributed by atoms with van der Waals surface area (Å²) in [5.41, 5.74) is 2.85. The van der Waals surface area contributed by atoms with Gasteiger partial charge in [0.05, 0.1) is 0 Å². The fourth-order valence-corrected chi connectivity index (χ4v) is 5.37. The van der Waals surface area contributed by atoms with Crippen molar-refractivity contribution in [1.82, 2.24) is 0 Å². The lowest BCUT2D eigenvalue weighted by Gasteiger charge is -2.34. The second-order valence-electron chi connectivity index (χ2n) is 7.13. The Morgan fingerprint density at radius 2 is 1.88 bits per heavy atom. The van der Waals surface area contributed by atoms with E-state index >= 15 is 0 Å². The third-order valence-corrected chi connectivity index (χ3v) is 6.34. The number of carbonyl (C=O) groups excluding carboxylic acids is 1. The highest BCUT2D eigenvalue weighted by Crippen LogP contribution is 2.64. The van der Waals surface area contributed by atoms with Crippen LogP contribution in [0.25, 0.3) is 5.57 Å². The molecule has 0 amide bonds. The highest BCUT2D eigenvalue weighted by atomic mass is 35.5. The van der Waals surface area contributed by atoms with Crippen molar-refractivity contribution in [3.05, 3.63) is 76.3 Å². The van der Waals surface area contributed by atoms with E-state index in [1.54, 1.807) is 6.07 Å². The molecule has 2 nitrogen and oxygen atoms in total. The minimum Gasteiger partial charge on any atom is -0.377 e. The van der Waals surface area contributed by atoms with Gasteiger partial charge in [-0.2, -0.15) is 0 Å². The molecule has 3 heteroatoms. The number of hydrogen-bond donors (Lipinski definition) is 1. The molecule has 0 aromatic heterocycles. The lowest BCUT2D eigenvalue weighted by molar-refractivity contribution is -0.137. The van der Waals surface area contributed by atoms with Crippen molar-refractivity contribution in [1.29, 1.82) is 0 Å². The van der Waals surface area contributed by atoms with Crippen molar-refractivity contribution in [2.24, 2.45) is 11.8 Å². The largest absolute Gasteiger partial charge is 0.377 e. The van der Waals surface area contributed by atoms with Crippen LogP contribution in [-0.4, -0.2) is 10.9 Å². The SMILES string of the molecule is O=C1CC2C(c3ccccc3)=CCC3c4cc(Cl)ccc4C1(O)C23. The summed E-state index contributed by atoms with van der Waals surface area (Å²) in [6.07, 6.45) is 3.52. The number of hydrogen-bond acceptors (Lipinski definition) is 2. The molecule has 1 saturated carbocycles. The summed E-state index contributed by atoms with van der Waals surface area (Å²) < 4.78 is 0. The Labute approximate surface area is 145 Å². The van der Waals surface area contributed by atoms with E-state index in [1.165, 1.54) is 5.57 Å². The number of ketones is 1. The van der Waals surface area contributed by atoms with E-state index in [-0.39, 0.29) is 23.5 Å². The van der Waals surface area contributed by atoms with Gasteiger partial charge in [-0.15, -0.1) is 0 Å². The number of allylic oxidation sites excluding steroid dienone is 2. The molecule has 4 atom stereocenters. The van der Waals surface area contributed by atoms with Crippen molar-refractivity contribution in [2.45, 2.75) is 24.4 Å². The summed E-state index contributed by atoms with van der Waals surface area (Å²) in [4.78, 5) is 12.8. The quantitative estimate of drug-likeness (QED) is 0.842. The van der Waals surface area contributed by atoms with Gasteiger partial charge in [0.15, 0.2) is 11.4 Å². The van der Waals surface area contributed by atoms with Crippen LogP contribution >= 0.6 is 11.6 Å². The molecular weight excluding hydrogens is 320 g/mol. The molecule has 0 bridgehead atoms. The number of carbonyl (C=O) groups is 1. The molecule has 3 aliphatic rings. The first kappa shape index (κ1) is 14.4. The Bertz CT molecular complexity index is 886.